The summed E-state index contributed by atoms with van der Waals surface area (Å²) < 4.78 is 0.974. The molecule has 4 nitrogen and oxygen atoms in total. The van der Waals surface area contributed by atoms with Crippen molar-refractivity contribution in [3.8, 4) is 0 Å². The summed E-state index contributed by atoms with van der Waals surface area (Å²) >= 11 is 3.44. The number of benzene rings is 1. The van der Waals surface area contributed by atoms with E-state index < -0.39 is 12.1 Å². The SMILES string of the molecule is CCC(C)C1C(=O)NC(C)C(=O)N1Cc1cccc(Br)c1. The van der Waals surface area contributed by atoms with Crippen LogP contribution in [-0.4, -0.2) is 28.8 Å². The van der Waals surface area contributed by atoms with E-state index >= 15 is 0 Å². The second-order valence-corrected chi connectivity index (χ2v) is 6.57. The van der Waals surface area contributed by atoms with Gasteiger partial charge < -0.3 is 10.2 Å². The van der Waals surface area contributed by atoms with Gasteiger partial charge in [-0.2, -0.15) is 0 Å². The largest absolute Gasteiger partial charge is 0.343 e. The Morgan fingerprint density at radius 2 is 2.10 bits per heavy atom. The average molecular weight is 353 g/mol. The van der Waals surface area contributed by atoms with Crippen molar-refractivity contribution in [2.75, 3.05) is 0 Å². The molecule has 1 heterocycles. The van der Waals surface area contributed by atoms with Crippen LogP contribution in [0.2, 0.25) is 0 Å². The van der Waals surface area contributed by atoms with Crippen molar-refractivity contribution in [3.63, 3.8) is 0 Å². The van der Waals surface area contributed by atoms with Crippen molar-refractivity contribution in [1.82, 2.24) is 10.2 Å². The van der Waals surface area contributed by atoms with Crippen LogP contribution < -0.4 is 5.32 Å². The smallest absolute Gasteiger partial charge is 0.245 e. The van der Waals surface area contributed by atoms with Gasteiger partial charge in [0.1, 0.15) is 12.1 Å². The number of piperazine rings is 1. The molecule has 0 bridgehead atoms. The number of nitrogens with one attached hydrogen (secondary N) is 1. The summed E-state index contributed by atoms with van der Waals surface area (Å²) in [7, 11) is 0. The van der Waals surface area contributed by atoms with Gasteiger partial charge in [0.2, 0.25) is 11.8 Å². The van der Waals surface area contributed by atoms with Crippen LogP contribution in [0.1, 0.15) is 32.8 Å². The Balaban J connectivity index is 2.29. The van der Waals surface area contributed by atoms with Gasteiger partial charge in [-0.15, -0.1) is 0 Å². The molecule has 0 aromatic heterocycles. The van der Waals surface area contributed by atoms with E-state index in [4.69, 9.17) is 0 Å². The minimum absolute atomic E-state index is 0.0140. The third kappa shape index (κ3) is 3.46. The molecule has 21 heavy (non-hydrogen) atoms. The zero-order valence-electron chi connectivity index (χ0n) is 12.6. The highest BCUT2D eigenvalue weighted by Gasteiger charge is 2.40. The van der Waals surface area contributed by atoms with Crippen molar-refractivity contribution in [3.05, 3.63) is 34.3 Å². The Morgan fingerprint density at radius 3 is 2.71 bits per heavy atom. The van der Waals surface area contributed by atoms with Gasteiger partial charge in [0.15, 0.2) is 0 Å². The van der Waals surface area contributed by atoms with Gasteiger partial charge in [-0.05, 0) is 30.5 Å². The van der Waals surface area contributed by atoms with Crippen LogP contribution in [-0.2, 0) is 16.1 Å². The van der Waals surface area contributed by atoms with Crippen molar-refractivity contribution in [2.24, 2.45) is 5.92 Å². The van der Waals surface area contributed by atoms with E-state index in [1.54, 1.807) is 11.8 Å². The first-order valence-corrected chi connectivity index (χ1v) is 8.08. The maximum Gasteiger partial charge on any atom is 0.245 e. The first-order chi connectivity index (χ1) is 9.93. The van der Waals surface area contributed by atoms with Crippen LogP contribution in [0.25, 0.3) is 0 Å². The molecule has 5 heteroatoms. The van der Waals surface area contributed by atoms with E-state index in [0.717, 1.165) is 16.5 Å². The molecule has 3 unspecified atom stereocenters. The fourth-order valence-electron chi connectivity index (χ4n) is 2.69. The average Bonchev–Trinajstić information content (AvgIpc) is 2.44. The molecule has 0 radical (unpaired) electrons. The third-order valence-electron chi connectivity index (χ3n) is 4.04. The summed E-state index contributed by atoms with van der Waals surface area (Å²) in [6, 6.07) is 7.00. The molecule has 1 fully saturated rings. The van der Waals surface area contributed by atoms with Crippen LogP contribution in [0.4, 0.5) is 0 Å². The summed E-state index contributed by atoms with van der Waals surface area (Å²) in [5.41, 5.74) is 1.02. The minimum Gasteiger partial charge on any atom is -0.343 e. The molecule has 1 aromatic carbocycles. The van der Waals surface area contributed by atoms with Crippen LogP contribution in [0.5, 0.6) is 0 Å². The lowest BCUT2D eigenvalue weighted by Gasteiger charge is -2.40. The molecule has 2 rings (SSSR count). The lowest BCUT2D eigenvalue weighted by Crippen LogP contribution is -2.63. The van der Waals surface area contributed by atoms with Crippen molar-refractivity contribution in [1.29, 1.82) is 0 Å². The molecule has 0 saturated carbocycles. The molecule has 2 amide bonds. The molecule has 114 valence electrons. The topological polar surface area (TPSA) is 49.4 Å². The number of hydrogen-bond donors (Lipinski definition) is 1. The minimum atomic E-state index is -0.454. The fourth-order valence-corrected chi connectivity index (χ4v) is 3.13. The predicted octanol–water partition coefficient (Wildman–Crippen LogP) is 2.71. The Bertz CT molecular complexity index is 547. The van der Waals surface area contributed by atoms with Crippen LogP contribution in [0, 0.1) is 5.92 Å². The van der Waals surface area contributed by atoms with E-state index in [-0.39, 0.29) is 17.7 Å². The maximum atomic E-state index is 12.5. The molecule has 1 aliphatic heterocycles. The lowest BCUT2D eigenvalue weighted by atomic mass is 9.93. The molecule has 1 aromatic rings. The third-order valence-corrected chi connectivity index (χ3v) is 4.53. The molecule has 0 spiro atoms. The molecule has 1 saturated heterocycles. The van der Waals surface area contributed by atoms with Crippen LogP contribution in [0.15, 0.2) is 28.7 Å². The summed E-state index contributed by atoms with van der Waals surface area (Å²) in [4.78, 5) is 26.5. The summed E-state index contributed by atoms with van der Waals surface area (Å²) in [6.45, 7) is 6.26. The Morgan fingerprint density at radius 1 is 1.38 bits per heavy atom. The van der Waals surface area contributed by atoms with E-state index in [9.17, 15) is 9.59 Å². The van der Waals surface area contributed by atoms with E-state index in [1.165, 1.54) is 0 Å². The quantitative estimate of drug-likeness (QED) is 0.905. The highest BCUT2D eigenvalue weighted by molar-refractivity contribution is 9.10. The van der Waals surface area contributed by atoms with Crippen LogP contribution in [0.3, 0.4) is 0 Å². The molecule has 1 N–H and O–H groups in total. The lowest BCUT2D eigenvalue weighted by molar-refractivity contribution is -0.151. The monoisotopic (exact) mass is 352 g/mol. The highest BCUT2D eigenvalue weighted by atomic mass is 79.9. The van der Waals surface area contributed by atoms with Crippen molar-refractivity contribution < 1.29 is 9.59 Å². The van der Waals surface area contributed by atoms with Gasteiger partial charge in [-0.3, -0.25) is 9.59 Å². The zero-order chi connectivity index (χ0) is 15.6. The molecular weight excluding hydrogens is 332 g/mol. The molecule has 3 atom stereocenters. The molecular formula is C16H21BrN2O2. The Kier molecular flexibility index (Phi) is 5.04. The summed E-state index contributed by atoms with van der Waals surface area (Å²) in [5, 5.41) is 2.78. The second kappa shape index (κ2) is 6.60. The number of halogens is 1. The van der Waals surface area contributed by atoms with Gasteiger partial charge in [-0.1, -0.05) is 48.3 Å². The number of nitrogens with zero attached hydrogens (tertiary/aromatic N) is 1. The van der Waals surface area contributed by atoms with Crippen LogP contribution >= 0.6 is 15.9 Å². The second-order valence-electron chi connectivity index (χ2n) is 5.66. The Hall–Kier alpha value is -1.36. The van der Waals surface area contributed by atoms with E-state index in [2.05, 4.69) is 21.2 Å². The first kappa shape index (κ1) is 16.0. The number of carbonyl (C=O) groups is 2. The van der Waals surface area contributed by atoms with Gasteiger partial charge in [0, 0.05) is 11.0 Å². The number of carbonyl (C=O) groups excluding carboxylic acids is 2. The molecule has 0 aliphatic carbocycles. The Labute approximate surface area is 134 Å². The van der Waals surface area contributed by atoms with Gasteiger partial charge >= 0.3 is 0 Å². The van der Waals surface area contributed by atoms with Gasteiger partial charge in [0.25, 0.3) is 0 Å². The number of amides is 2. The first-order valence-electron chi connectivity index (χ1n) is 7.29. The predicted molar refractivity (Wildman–Crippen MR) is 85.5 cm³/mol. The maximum absolute atomic E-state index is 12.5. The fraction of sp³-hybridized carbons (Fsp3) is 0.500. The van der Waals surface area contributed by atoms with Crippen molar-refractivity contribution in [2.45, 2.75) is 45.8 Å². The van der Waals surface area contributed by atoms with Gasteiger partial charge in [-0.25, -0.2) is 0 Å². The summed E-state index contributed by atoms with van der Waals surface area (Å²) in [6.07, 6.45) is 0.856. The van der Waals surface area contributed by atoms with Crippen molar-refractivity contribution >= 4 is 27.7 Å². The highest BCUT2D eigenvalue weighted by Crippen LogP contribution is 2.23. The number of rotatable bonds is 4. The van der Waals surface area contributed by atoms with Gasteiger partial charge in [0.05, 0.1) is 0 Å². The molecule has 1 aliphatic rings. The van der Waals surface area contributed by atoms with E-state index in [1.807, 2.05) is 38.1 Å². The summed E-state index contributed by atoms with van der Waals surface area (Å²) in [5.74, 6) is 0.0694. The standard InChI is InChI=1S/C16H21BrN2O2/c1-4-10(2)14-15(20)18-11(3)16(21)19(14)9-12-6-5-7-13(17)8-12/h5-8,10-11,14H,4,9H2,1-3H3,(H,18,20). The zero-order valence-corrected chi connectivity index (χ0v) is 14.2. The number of hydrogen-bond acceptors (Lipinski definition) is 2. The van der Waals surface area contributed by atoms with E-state index in [0.29, 0.717) is 6.54 Å². The normalized spacial score (nSPS) is 23.9.